The van der Waals surface area contributed by atoms with Gasteiger partial charge in [0.05, 0.1) is 0 Å². The van der Waals surface area contributed by atoms with Crippen molar-refractivity contribution < 1.29 is 19.1 Å². The highest BCUT2D eigenvalue weighted by atomic mass is 127. The van der Waals surface area contributed by atoms with Crippen LogP contribution in [0.4, 0.5) is 0 Å². The molecule has 0 bridgehead atoms. The topological polar surface area (TPSA) is 59.7 Å². The highest BCUT2D eigenvalue weighted by Crippen LogP contribution is 2.23. The summed E-state index contributed by atoms with van der Waals surface area (Å²) < 4.78 is 12.0. The Balaban J connectivity index is 2.09. The lowest BCUT2D eigenvalue weighted by Crippen LogP contribution is -2.02. The van der Waals surface area contributed by atoms with Crippen molar-refractivity contribution in [1.82, 2.24) is 0 Å². The summed E-state index contributed by atoms with van der Waals surface area (Å²) in [5.74, 6) is 0.0490. The molecule has 0 spiro atoms. The number of ether oxygens (including phenoxy) is 1. The van der Waals surface area contributed by atoms with Crippen molar-refractivity contribution in [3.63, 3.8) is 0 Å². The average Bonchev–Trinajstić information content (AvgIpc) is 2.81. The molecule has 0 aliphatic rings. The lowest BCUT2D eigenvalue weighted by Gasteiger charge is -2.12. The van der Waals surface area contributed by atoms with E-state index >= 15 is 0 Å². The highest BCUT2D eigenvalue weighted by molar-refractivity contribution is 14.1. The van der Waals surface area contributed by atoms with Gasteiger partial charge in [0.1, 0.15) is 11.5 Å². The number of halogens is 1. The number of hydrogen-bond donors (Lipinski definition) is 1. The van der Waals surface area contributed by atoms with Gasteiger partial charge in [-0.2, -0.15) is 0 Å². The maximum absolute atomic E-state index is 10.7. The maximum atomic E-state index is 10.7. The predicted molar refractivity (Wildman–Crippen MR) is 73.9 cm³/mol. The molecule has 1 unspecified atom stereocenters. The van der Waals surface area contributed by atoms with Crippen LogP contribution in [0.3, 0.4) is 0 Å². The molecule has 0 aliphatic heterocycles. The van der Waals surface area contributed by atoms with Gasteiger partial charge in [-0.3, -0.25) is 0 Å². The van der Waals surface area contributed by atoms with E-state index in [4.69, 9.17) is 14.3 Å². The summed E-state index contributed by atoms with van der Waals surface area (Å²) in [7, 11) is 0. The Labute approximate surface area is 118 Å². The summed E-state index contributed by atoms with van der Waals surface area (Å²) in [5.41, 5.74) is 0. The molecule has 0 radical (unpaired) electrons. The number of carbonyl (C=O) groups is 1. The van der Waals surface area contributed by atoms with Crippen LogP contribution in [0.25, 0.3) is 0 Å². The first kappa shape index (κ1) is 12.9. The molecule has 1 atom stereocenters. The quantitative estimate of drug-likeness (QED) is 0.847. The summed E-state index contributed by atoms with van der Waals surface area (Å²) >= 11 is 2.21. The largest absolute Gasteiger partial charge is 0.483 e. The van der Waals surface area contributed by atoms with Crippen molar-refractivity contribution in [3.05, 3.63) is 51.5 Å². The third-order valence-corrected chi connectivity index (χ3v) is 3.08. The molecular formula is C13H11IO4. The van der Waals surface area contributed by atoms with Crippen LogP contribution in [0, 0.1) is 3.57 Å². The second-order valence-corrected chi connectivity index (χ2v) is 4.97. The van der Waals surface area contributed by atoms with Crippen LogP contribution in [0.2, 0.25) is 0 Å². The van der Waals surface area contributed by atoms with Crippen molar-refractivity contribution in [2.24, 2.45) is 0 Å². The normalized spacial score (nSPS) is 12.1. The van der Waals surface area contributed by atoms with Gasteiger partial charge < -0.3 is 14.3 Å². The Hall–Kier alpha value is -1.50. The lowest BCUT2D eigenvalue weighted by molar-refractivity contribution is 0.0655. The molecule has 2 rings (SSSR count). The van der Waals surface area contributed by atoms with E-state index in [2.05, 4.69) is 22.6 Å². The second-order valence-electron chi connectivity index (χ2n) is 3.72. The first-order chi connectivity index (χ1) is 8.56. The minimum Gasteiger partial charge on any atom is -0.483 e. The van der Waals surface area contributed by atoms with E-state index in [0.29, 0.717) is 5.76 Å². The van der Waals surface area contributed by atoms with Crippen LogP contribution in [0.1, 0.15) is 29.3 Å². The number of carboxylic acid groups (broad SMARTS) is 1. The molecule has 0 saturated heterocycles. The van der Waals surface area contributed by atoms with E-state index < -0.39 is 5.97 Å². The van der Waals surface area contributed by atoms with Gasteiger partial charge in [-0.25, -0.2) is 4.79 Å². The van der Waals surface area contributed by atoms with Crippen LogP contribution in [-0.2, 0) is 0 Å². The van der Waals surface area contributed by atoms with Crippen LogP contribution in [0.15, 0.2) is 40.8 Å². The highest BCUT2D eigenvalue weighted by Gasteiger charge is 2.15. The van der Waals surface area contributed by atoms with Crippen LogP contribution in [-0.4, -0.2) is 11.1 Å². The summed E-state index contributed by atoms with van der Waals surface area (Å²) in [6, 6.07) is 10.6. The van der Waals surface area contributed by atoms with Crippen molar-refractivity contribution in [1.29, 1.82) is 0 Å². The molecule has 0 aliphatic carbocycles. The first-order valence-corrected chi connectivity index (χ1v) is 6.39. The molecule has 1 aromatic heterocycles. The van der Waals surface area contributed by atoms with Gasteiger partial charge >= 0.3 is 5.97 Å². The zero-order chi connectivity index (χ0) is 13.1. The van der Waals surface area contributed by atoms with E-state index in [-0.39, 0.29) is 11.9 Å². The fourth-order valence-electron chi connectivity index (χ4n) is 1.46. The molecule has 0 amide bonds. The molecule has 5 heteroatoms. The minimum atomic E-state index is -1.08. The lowest BCUT2D eigenvalue weighted by atomic mass is 10.3. The van der Waals surface area contributed by atoms with Crippen LogP contribution in [0.5, 0.6) is 5.75 Å². The number of rotatable bonds is 4. The van der Waals surface area contributed by atoms with Crippen LogP contribution >= 0.6 is 22.6 Å². The SMILES string of the molecule is CC(Oc1ccc(I)cc1)c1ccc(C(=O)O)o1. The van der Waals surface area contributed by atoms with Crippen molar-refractivity contribution in [2.45, 2.75) is 13.0 Å². The van der Waals surface area contributed by atoms with E-state index in [1.54, 1.807) is 6.07 Å². The van der Waals surface area contributed by atoms with E-state index in [9.17, 15) is 4.79 Å². The van der Waals surface area contributed by atoms with Crippen LogP contribution < -0.4 is 4.74 Å². The van der Waals surface area contributed by atoms with Gasteiger partial charge in [-0.05, 0) is 65.9 Å². The number of benzene rings is 1. The van der Waals surface area contributed by atoms with Gasteiger partial charge in [0.25, 0.3) is 0 Å². The zero-order valence-electron chi connectivity index (χ0n) is 9.59. The monoisotopic (exact) mass is 358 g/mol. The smallest absolute Gasteiger partial charge is 0.371 e. The molecule has 0 saturated carbocycles. The molecule has 1 N–H and O–H groups in total. The Morgan fingerprint density at radius 3 is 2.50 bits per heavy atom. The van der Waals surface area contributed by atoms with E-state index in [1.165, 1.54) is 6.07 Å². The fourth-order valence-corrected chi connectivity index (χ4v) is 1.82. The van der Waals surface area contributed by atoms with Crippen molar-refractivity contribution in [2.75, 3.05) is 0 Å². The van der Waals surface area contributed by atoms with Gasteiger partial charge in [-0.1, -0.05) is 0 Å². The number of aromatic carboxylic acids is 1. The molecule has 18 heavy (non-hydrogen) atoms. The van der Waals surface area contributed by atoms with E-state index in [1.807, 2.05) is 31.2 Å². The summed E-state index contributed by atoms with van der Waals surface area (Å²) in [6.45, 7) is 1.81. The number of hydrogen-bond acceptors (Lipinski definition) is 3. The maximum Gasteiger partial charge on any atom is 0.371 e. The third kappa shape index (κ3) is 3.04. The van der Waals surface area contributed by atoms with Gasteiger partial charge in [-0.15, -0.1) is 0 Å². The Morgan fingerprint density at radius 2 is 1.94 bits per heavy atom. The molecule has 1 aromatic carbocycles. The predicted octanol–water partition coefficient (Wildman–Crippen LogP) is 3.72. The summed E-state index contributed by atoms with van der Waals surface area (Å²) in [5, 5.41) is 8.76. The molecule has 94 valence electrons. The first-order valence-electron chi connectivity index (χ1n) is 5.31. The Bertz CT molecular complexity index is 544. The summed E-state index contributed by atoms with van der Waals surface area (Å²) in [6.07, 6.45) is -0.335. The molecule has 2 aromatic rings. The molecule has 4 nitrogen and oxygen atoms in total. The number of furan rings is 1. The molecule has 1 heterocycles. The second kappa shape index (κ2) is 5.43. The fraction of sp³-hybridized carbons (Fsp3) is 0.154. The van der Waals surface area contributed by atoms with Gasteiger partial charge in [0, 0.05) is 3.57 Å². The Kier molecular flexibility index (Phi) is 3.90. The zero-order valence-corrected chi connectivity index (χ0v) is 11.7. The van der Waals surface area contributed by atoms with E-state index in [0.717, 1.165) is 9.32 Å². The van der Waals surface area contributed by atoms with Gasteiger partial charge in [0.15, 0.2) is 6.10 Å². The number of carboxylic acids is 1. The summed E-state index contributed by atoms with van der Waals surface area (Å²) in [4.78, 5) is 10.7. The Morgan fingerprint density at radius 1 is 1.28 bits per heavy atom. The average molecular weight is 358 g/mol. The standard InChI is InChI=1S/C13H11IO4/c1-8(11-6-7-12(18-11)13(15)16)17-10-4-2-9(14)3-5-10/h2-8H,1H3,(H,15,16). The third-order valence-electron chi connectivity index (χ3n) is 2.36. The van der Waals surface area contributed by atoms with Gasteiger partial charge in [0.2, 0.25) is 5.76 Å². The molecule has 0 fully saturated rings. The minimum absolute atomic E-state index is 0.0805. The van der Waals surface area contributed by atoms with Crippen molar-refractivity contribution in [3.8, 4) is 5.75 Å². The molecular weight excluding hydrogens is 347 g/mol. The van der Waals surface area contributed by atoms with Crippen molar-refractivity contribution >= 4 is 28.6 Å².